The molecular formula is C9H10BrFO2. The van der Waals surface area contributed by atoms with Crippen LogP contribution < -0.4 is 4.74 Å². The van der Waals surface area contributed by atoms with Gasteiger partial charge in [0.05, 0.1) is 13.2 Å². The zero-order valence-electron chi connectivity index (χ0n) is 7.34. The standard InChI is InChI=1S/C9H10BrFO2/c1-5(12)6-3-9(13-2)8(11)4-7(6)10/h3-5,12H,1-2H3. The van der Waals surface area contributed by atoms with E-state index in [9.17, 15) is 9.50 Å². The van der Waals surface area contributed by atoms with Crippen molar-refractivity contribution in [1.29, 1.82) is 0 Å². The molecule has 0 radical (unpaired) electrons. The second-order valence-corrected chi connectivity index (χ2v) is 3.54. The molecule has 72 valence electrons. The molecule has 13 heavy (non-hydrogen) atoms. The number of hydrogen-bond donors (Lipinski definition) is 1. The average Bonchev–Trinajstić information content (AvgIpc) is 2.03. The van der Waals surface area contributed by atoms with Gasteiger partial charge in [-0.1, -0.05) is 15.9 Å². The molecule has 1 unspecified atom stereocenters. The highest BCUT2D eigenvalue weighted by molar-refractivity contribution is 9.10. The van der Waals surface area contributed by atoms with Crippen LogP contribution in [-0.4, -0.2) is 12.2 Å². The van der Waals surface area contributed by atoms with E-state index in [1.807, 2.05) is 0 Å². The lowest BCUT2D eigenvalue weighted by atomic mass is 10.1. The lowest BCUT2D eigenvalue weighted by Crippen LogP contribution is -1.96. The minimum atomic E-state index is -0.649. The summed E-state index contributed by atoms with van der Waals surface area (Å²) < 4.78 is 18.4. The Bertz CT molecular complexity index is 313. The van der Waals surface area contributed by atoms with Crippen molar-refractivity contribution in [2.24, 2.45) is 0 Å². The largest absolute Gasteiger partial charge is 0.494 e. The first-order valence-corrected chi connectivity index (χ1v) is 4.56. The molecule has 0 spiro atoms. The summed E-state index contributed by atoms with van der Waals surface area (Å²) in [6.07, 6.45) is -0.649. The van der Waals surface area contributed by atoms with Crippen molar-refractivity contribution in [2.75, 3.05) is 7.11 Å². The molecule has 0 saturated heterocycles. The fourth-order valence-corrected chi connectivity index (χ4v) is 1.67. The molecule has 0 saturated carbocycles. The molecule has 1 aromatic rings. The summed E-state index contributed by atoms with van der Waals surface area (Å²) in [6.45, 7) is 1.61. The van der Waals surface area contributed by atoms with E-state index in [2.05, 4.69) is 15.9 Å². The summed E-state index contributed by atoms with van der Waals surface area (Å²) in [5.41, 5.74) is 0.609. The van der Waals surface area contributed by atoms with Gasteiger partial charge in [-0.25, -0.2) is 4.39 Å². The van der Waals surface area contributed by atoms with E-state index in [4.69, 9.17) is 4.74 Å². The number of rotatable bonds is 2. The molecule has 1 N–H and O–H groups in total. The third-order valence-corrected chi connectivity index (χ3v) is 2.41. The van der Waals surface area contributed by atoms with E-state index in [1.165, 1.54) is 19.2 Å². The van der Waals surface area contributed by atoms with Crippen LogP contribution in [-0.2, 0) is 0 Å². The Morgan fingerprint density at radius 1 is 1.54 bits per heavy atom. The van der Waals surface area contributed by atoms with Crippen LogP contribution in [0.4, 0.5) is 4.39 Å². The Balaban J connectivity index is 3.22. The van der Waals surface area contributed by atoms with Crippen molar-refractivity contribution < 1.29 is 14.2 Å². The van der Waals surface area contributed by atoms with Gasteiger partial charge >= 0.3 is 0 Å². The maximum Gasteiger partial charge on any atom is 0.166 e. The van der Waals surface area contributed by atoms with Gasteiger partial charge in [-0.3, -0.25) is 0 Å². The molecule has 0 fully saturated rings. The van der Waals surface area contributed by atoms with Crippen molar-refractivity contribution in [3.05, 3.63) is 28.0 Å². The lowest BCUT2D eigenvalue weighted by molar-refractivity contribution is 0.198. The van der Waals surface area contributed by atoms with E-state index < -0.39 is 11.9 Å². The fraction of sp³-hybridized carbons (Fsp3) is 0.333. The summed E-state index contributed by atoms with van der Waals surface area (Å²) in [5, 5.41) is 9.31. The van der Waals surface area contributed by atoms with Crippen LogP contribution in [0, 0.1) is 5.82 Å². The van der Waals surface area contributed by atoms with Crippen LogP contribution in [0.25, 0.3) is 0 Å². The molecule has 0 aromatic heterocycles. The van der Waals surface area contributed by atoms with Crippen LogP contribution in [0.3, 0.4) is 0 Å². The topological polar surface area (TPSA) is 29.5 Å². The van der Waals surface area contributed by atoms with Gasteiger partial charge in [-0.05, 0) is 24.6 Å². The number of hydrogen-bond acceptors (Lipinski definition) is 2. The lowest BCUT2D eigenvalue weighted by Gasteiger charge is -2.10. The molecule has 0 heterocycles. The average molecular weight is 249 g/mol. The zero-order valence-corrected chi connectivity index (χ0v) is 8.93. The molecule has 1 atom stereocenters. The smallest absolute Gasteiger partial charge is 0.166 e. The summed E-state index contributed by atoms with van der Waals surface area (Å²) in [4.78, 5) is 0. The maximum absolute atomic E-state index is 13.1. The van der Waals surface area contributed by atoms with Crippen molar-refractivity contribution >= 4 is 15.9 Å². The van der Waals surface area contributed by atoms with Gasteiger partial charge in [0.15, 0.2) is 11.6 Å². The van der Waals surface area contributed by atoms with Gasteiger partial charge in [0, 0.05) is 4.47 Å². The molecule has 0 amide bonds. The van der Waals surface area contributed by atoms with Crippen molar-refractivity contribution in [1.82, 2.24) is 0 Å². The van der Waals surface area contributed by atoms with Gasteiger partial charge in [-0.2, -0.15) is 0 Å². The Kier molecular flexibility index (Phi) is 3.27. The zero-order chi connectivity index (χ0) is 10.0. The minimum absolute atomic E-state index is 0.138. The van der Waals surface area contributed by atoms with E-state index in [-0.39, 0.29) is 5.75 Å². The summed E-state index contributed by atoms with van der Waals surface area (Å²) in [6, 6.07) is 2.75. The number of methoxy groups -OCH3 is 1. The number of ether oxygens (including phenoxy) is 1. The fourth-order valence-electron chi connectivity index (χ4n) is 1.02. The molecule has 2 nitrogen and oxygen atoms in total. The number of benzene rings is 1. The van der Waals surface area contributed by atoms with E-state index in [0.29, 0.717) is 10.0 Å². The third kappa shape index (κ3) is 2.19. The maximum atomic E-state index is 13.1. The van der Waals surface area contributed by atoms with Crippen molar-refractivity contribution in [3.63, 3.8) is 0 Å². The van der Waals surface area contributed by atoms with Crippen LogP contribution >= 0.6 is 15.9 Å². The van der Waals surface area contributed by atoms with Gasteiger partial charge in [0.1, 0.15) is 0 Å². The van der Waals surface area contributed by atoms with E-state index in [1.54, 1.807) is 6.92 Å². The highest BCUT2D eigenvalue weighted by Crippen LogP contribution is 2.29. The molecule has 0 aliphatic carbocycles. The van der Waals surface area contributed by atoms with Gasteiger partial charge < -0.3 is 9.84 Å². The van der Waals surface area contributed by atoms with Crippen LogP contribution in [0.5, 0.6) is 5.75 Å². The van der Waals surface area contributed by atoms with E-state index in [0.717, 1.165) is 0 Å². The molecule has 0 aliphatic heterocycles. The molecule has 0 bridgehead atoms. The second kappa shape index (κ2) is 4.07. The number of aliphatic hydroxyl groups is 1. The first-order valence-electron chi connectivity index (χ1n) is 3.77. The van der Waals surface area contributed by atoms with Crippen LogP contribution in [0.2, 0.25) is 0 Å². The van der Waals surface area contributed by atoms with Crippen LogP contribution in [0.1, 0.15) is 18.6 Å². The highest BCUT2D eigenvalue weighted by Gasteiger charge is 2.11. The van der Waals surface area contributed by atoms with Gasteiger partial charge in [0.2, 0.25) is 0 Å². The number of aliphatic hydroxyl groups excluding tert-OH is 1. The predicted octanol–water partition coefficient (Wildman–Crippen LogP) is 2.65. The monoisotopic (exact) mass is 248 g/mol. The second-order valence-electron chi connectivity index (χ2n) is 2.68. The summed E-state index contributed by atoms with van der Waals surface area (Å²) >= 11 is 3.16. The first kappa shape index (κ1) is 10.5. The molecule has 1 aromatic carbocycles. The highest BCUT2D eigenvalue weighted by atomic mass is 79.9. The molecule has 1 rings (SSSR count). The summed E-state index contributed by atoms with van der Waals surface area (Å²) in [5.74, 6) is -0.308. The molecule has 0 aliphatic rings. The Labute approximate surface area is 84.5 Å². The Morgan fingerprint density at radius 2 is 2.15 bits per heavy atom. The third-order valence-electron chi connectivity index (χ3n) is 1.72. The predicted molar refractivity (Wildman–Crippen MR) is 51.3 cm³/mol. The normalized spacial score (nSPS) is 12.7. The van der Waals surface area contributed by atoms with Gasteiger partial charge in [-0.15, -0.1) is 0 Å². The van der Waals surface area contributed by atoms with Crippen LogP contribution in [0.15, 0.2) is 16.6 Å². The molecule has 4 heteroatoms. The number of halogens is 2. The Hall–Kier alpha value is -0.610. The first-order chi connectivity index (χ1) is 6.06. The molecular weight excluding hydrogens is 239 g/mol. The van der Waals surface area contributed by atoms with E-state index >= 15 is 0 Å². The summed E-state index contributed by atoms with van der Waals surface area (Å²) in [7, 11) is 1.39. The van der Waals surface area contributed by atoms with Crippen molar-refractivity contribution in [2.45, 2.75) is 13.0 Å². The quantitative estimate of drug-likeness (QED) is 0.873. The Morgan fingerprint density at radius 3 is 2.62 bits per heavy atom. The minimum Gasteiger partial charge on any atom is -0.494 e. The van der Waals surface area contributed by atoms with Crippen molar-refractivity contribution in [3.8, 4) is 5.75 Å². The van der Waals surface area contributed by atoms with Gasteiger partial charge in [0.25, 0.3) is 0 Å². The SMILES string of the molecule is COc1cc(C(C)O)c(Br)cc1F.